The Morgan fingerprint density at radius 3 is 2.47 bits per heavy atom. The minimum Gasteiger partial charge on any atom is -0.396 e. The van der Waals surface area contributed by atoms with Crippen LogP contribution < -0.4 is 15.5 Å². The summed E-state index contributed by atoms with van der Waals surface area (Å²) in [4.78, 5) is 7.03. The number of rotatable bonds is 13. The van der Waals surface area contributed by atoms with E-state index in [1.165, 1.54) is 5.69 Å². The highest BCUT2D eigenvalue weighted by molar-refractivity contribution is 5.79. The van der Waals surface area contributed by atoms with Crippen LogP contribution in [0.1, 0.15) is 51.2 Å². The molecule has 0 atom stereocenters. The highest BCUT2D eigenvalue weighted by Crippen LogP contribution is 2.29. The van der Waals surface area contributed by atoms with E-state index in [1.54, 1.807) is 0 Å². The Labute approximate surface area is 193 Å². The highest BCUT2D eigenvalue weighted by atomic mass is 16.3. The molecule has 0 bridgehead atoms. The van der Waals surface area contributed by atoms with Crippen LogP contribution in [0.25, 0.3) is 0 Å². The molecule has 0 fully saturated rings. The molecule has 178 valence electrons. The van der Waals surface area contributed by atoms with E-state index in [-0.39, 0.29) is 12.0 Å². The monoisotopic (exact) mass is 443 g/mol. The van der Waals surface area contributed by atoms with E-state index in [4.69, 9.17) is 4.99 Å². The van der Waals surface area contributed by atoms with E-state index in [0.717, 1.165) is 62.9 Å². The molecule has 0 aliphatic carbocycles. The van der Waals surface area contributed by atoms with Gasteiger partial charge in [0, 0.05) is 46.0 Å². The average Bonchev–Trinajstić information content (AvgIpc) is 3.14. The van der Waals surface area contributed by atoms with Crippen LogP contribution in [-0.4, -0.2) is 59.1 Å². The Balaban J connectivity index is 1.97. The standard InChI is InChI=1S/C24H41N7O/c1-6-24(7-2,14-17-32)19-27-23(26-18-22-29-28-20(3)31(22)5)25-15-11-16-30(4)21-12-9-8-10-13-21/h8-10,12-13,32H,6-7,11,14-19H2,1-5H3,(H2,25,26,27). The van der Waals surface area contributed by atoms with Gasteiger partial charge in [0.05, 0.1) is 0 Å². The zero-order valence-electron chi connectivity index (χ0n) is 20.4. The molecule has 32 heavy (non-hydrogen) atoms. The van der Waals surface area contributed by atoms with Gasteiger partial charge in [-0.1, -0.05) is 32.0 Å². The van der Waals surface area contributed by atoms with Crippen molar-refractivity contribution in [1.82, 2.24) is 25.4 Å². The summed E-state index contributed by atoms with van der Waals surface area (Å²) in [6, 6.07) is 10.4. The van der Waals surface area contributed by atoms with Gasteiger partial charge in [0.2, 0.25) is 0 Å². The molecule has 2 rings (SSSR count). The minimum absolute atomic E-state index is 0.0616. The summed E-state index contributed by atoms with van der Waals surface area (Å²) in [5.41, 5.74) is 1.28. The van der Waals surface area contributed by atoms with Gasteiger partial charge in [-0.05, 0) is 50.2 Å². The summed E-state index contributed by atoms with van der Waals surface area (Å²) in [6.07, 6.45) is 3.78. The number of aliphatic hydroxyl groups excluding tert-OH is 1. The number of hydrogen-bond donors (Lipinski definition) is 3. The van der Waals surface area contributed by atoms with Gasteiger partial charge in [-0.2, -0.15) is 0 Å². The molecule has 8 heteroatoms. The van der Waals surface area contributed by atoms with Crippen molar-refractivity contribution in [2.45, 2.75) is 53.0 Å². The van der Waals surface area contributed by atoms with Gasteiger partial charge in [0.15, 0.2) is 11.8 Å². The number of nitrogens with one attached hydrogen (secondary N) is 2. The molecular weight excluding hydrogens is 402 g/mol. The Kier molecular flexibility index (Phi) is 10.5. The third-order valence-electron chi connectivity index (χ3n) is 6.49. The fourth-order valence-corrected chi connectivity index (χ4v) is 3.70. The first kappa shape index (κ1) is 25.6. The first-order valence-corrected chi connectivity index (χ1v) is 11.7. The minimum atomic E-state index is 0.0616. The van der Waals surface area contributed by atoms with Crippen molar-refractivity contribution in [2.24, 2.45) is 17.5 Å². The molecule has 0 saturated carbocycles. The molecule has 0 saturated heterocycles. The smallest absolute Gasteiger partial charge is 0.191 e. The van der Waals surface area contributed by atoms with Crippen molar-refractivity contribution in [2.75, 3.05) is 38.2 Å². The Bertz CT molecular complexity index is 815. The fourth-order valence-electron chi connectivity index (χ4n) is 3.70. The molecule has 0 amide bonds. The van der Waals surface area contributed by atoms with Crippen molar-refractivity contribution in [3.05, 3.63) is 42.0 Å². The normalized spacial score (nSPS) is 12.1. The summed E-state index contributed by atoms with van der Waals surface area (Å²) >= 11 is 0. The van der Waals surface area contributed by atoms with Crippen molar-refractivity contribution in [3.8, 4) is 0 Å². The molecule has 1 heterocycles. The largest absolute Gasteiger partial charge is 0.396 e. The van der Waals surface area contributed by atoms with Crippen LogP contribution in [0.5, 0.6) is 0 Å². The number of aromatic nitrogens is 3. The zero-order valence-corrected chi connectivity index (χ0v) is 20.4. The van der Waals surface area contributed by atoms with E-state index in [0.29, 0.717) is 6.54 Å². The molecule has 1 aromatic carbocycles. The predicted octanol–water partition coefficient (Wildman–Crippen LogP) is 2.87. The molecule has 0 aliphatic rings. The van der Waals surface area contributed by atoms with Gasteiger partial charge >= 0.3 is 0 Å². The maximum Gasteiger partial charge on any atom is 0.191 e. The van der Waals surface area contributed by atoms with E-state index in [1.807, 2.05) is 24.6 Å². The number of nitrogens with zero attached hydrogens (tertiary/aromatic N) is 5. The van der Waals surface area contributed by atoms with E-state index >= 15 is 0 Å². The number of aliphatic hydroxyl groups is 1. The van der Waals surface area contributed by atoms with E-state index < -0.39 is 0 Å². The van der Waals surface area contributed by atoms with Crippen molar-refractivity contribution in [3.63, 3.8) is 0 Å². The third kappa shape index (κ3) is 7.51. The second kappa shape index (κ2) is 13.1. The number of guanidine groups is 1. The lowest BCUT2D eigenvalue weighted by Gasteiger charge is -2.32. The molecule has 0 spiro atoms. The van der Waals surface area contributed by atoms with Gasteiger partial charge in [-0.25, -0.2) is 4.99 Å². The molecule has 1 aromatic heterocycles. The maximum absolute atomic E-state index is 9.54. The molecule has 0 aliphatic heterocycles. The van der Waals surface area contributed by atoms with E-state index in [2.05, 4.69) is 70.9 Å². The predicted molar refractivity (Wildman–Crippen MR) is 132 cm³/mol. The summed E-state index contributed by atoms with van der Waals surface area (Å²) in [5.74, 6) is 2.48. The SMILES string of the molecule is CCC(CC)(CCO)CNC(=NCc1nnc(C)n1C)NCCCN(C)c1ccccc1. The Morgan fingerprint density at radius 1 is 1.16 bits per heavy atom. The number of aryl methyl sites for hydroxylation is 1. The van der Waals surface area contributed by atoms with E-state index in [9.17, 15) is 5.11 Å². The lowest BCUT2D eigenvalue weighted by molar-refractivity contribution is 0.169. The second-order valence-electron chi connectivity index (χ2n) is 8.46. The molecule has 2 aromatic rings. The quantitative estimate of drug-likeness (QED) is 0.251. The first-order valence-electron chi connectivity index (χ1n) is 11.7. The van der Waals surface area contributed by atoms with Crippen molar-refractivity contribution in [1.29, 1.82) is 0 Å². The number of hydrogen-bond acceptors (Lipinski definition) is 5. The topological polar surface area (TPSA) is 90.6 Å². The summed E-state index contributed by atoms with van der Waals surface area (Å²) in [5, 5.41) is 24.9. The van der Waals surface area contributed by atoms with Gasteiger partial charge in [0.1, 0.15) is 12.4 Å². The van der Waals surface area contributed by atoms with Crippen molar-refractivity contribution >= 4 is 11.6 Å². The number of benzene rings is 1. The molecule has 8 nitrogen and oxygen atoms in total. The third-order valence-corrected chi connectivity index (χ3v) is 6.49. The second-order valence-corrected chi connectivity index (χ2v) is 8.46. The summed E-state index contributed by atoms with van der Waals surface area (Å²) < 4.78 is 1.96. The maximum atomic E-state index is 9.54. The summed E-state index contributed by atoms with van der Waals surface area (Å²) in [6.45, 7) is 9.51. The Morgan fingerprint density at radius 2 is 1.88 bits per heavy atom. The molecule has 0 unspecified atom stereocenters. The lowest BCUT2D eigenvalue weighted by Crippen LogP contribution is -2.44. The molecule has 0 radical (unpaired) electrons. The Hall–Kier alpha value is -2.61. The van der Waals surface area contributed by atoms with Crippen LogP contribution in [-0.2, 0) is 13.6 Å². The van der Waals surface area contributed by atoms with Gasteiger partial charge in [-0.3, -0.25) is 0 Å². The van der Waals surface area contributed by atoms with Crippen LogP contribution in [0.3, 0.4) is 0 Å². The fraction of sp³-hybridized carbons (Fsp3) is 0.625. The van der Waals surface area contributed by atoms with Crippen LogP contribution in [0.4, 0.5) is 5.69 Å². The van der Waals surface area contributed by atoms with Crippen LogP contribution in [0.2, 0.25) is 0 Å². The number of aliphatic imine (C=N–C) groups is 1. The summed E-state index contributed by atoms with van der Waals surface area (Å²) in [7, 11) is 4.07. The number of anilines is 1. The molecular formula is C24H41N7O. The zero-order chi connectivity index (χ0) is 23.4. The van der Waals surface area contributed by atoms with Crippen LogP contribution >= 0.6 is 0 Å². The van der Waals surface area contributed by atoms with Crippen LogP contribution in [0, 0.1) is 12.3 Å². The molecule has 3 N–H and O–H groups in total. The van der Waals surface area contributed by atoms with Gasteiger partial charge in [-0.15, -0.1) is 10.2 Å². The van der Waals surface area contributed by atoms with Crippen molar-refractivity contribution < 1.29 is 5.11 Å². The highest BCUT2D eigenvalue weighted by Gasteiger charge is 2.25. The first-order chi connectivity index (χ1) is 15.4. The lowest BCUT2D eigenvalue weighted by atomic mass is 9.79. The van der Waals surface area contributed by atoms with Gasteiger partial charge < -0.3 is 25.2 Å². The average molecular weight is 444 g/mol. The van der Waals surface area contributed by atoms with Crippen LogP contribution in [0.15, 0.2) is 35.3 Å². The van der Waals surface area contributed by atoms with Gasteiger partial charge in [0.25, 0.3) is 0 Å². The number of para-hydroxylation sites is 1.